The molecule has 2 nitrogen and oxygen atoms in total. The molecule has 3 atom stereocenters. The quantitative estimate of drug-likeness (QED) is 0.873. The number of rotatable bonds is 5. The molecule has 0 amide bonds. The summed E-state index contributed by atoms with van der Waals surface area (Å²) in [7, 11) is 0. The Bertz CT molecular complexity index is 429. The molecule has 0 heterocycles. The van der Waals surface area contributed by atoms with Crippen LogP contribution in [0.5, 0.6) is 5.75 Å². The minimum Gasteiger partial charge on any atom is -0.490 e. The molecule has 2 N–H and O–H groups in total. The van der Waals surface area contributed by atoms with Gasteiger partial charge >= 0.3 is 0 Å². The van der Waals surface area contributed by atoms with Crippen molar-refractivity contribution >= 4 is 0 Å². The molecule has 0 saturated heterocycles. The first-order valence-corrected chi connectivity index (χ1v) is 8.08. The summed E-state index contributed by atoms with van der Waals surface area (Å²) in [4.78, 5) is 0. The fraction of sp³-hybridized carbons (Fsp3) is 0.667. The first-order valence-electron chi connectivity index (χ1n) is 8.08. The largest absolute Gasteiger partial charge is 0.490 e. The number of nitrogens with two attached hydrogens (primary N) is 1. The number of ether oxygens (including phenoxy) is 1. The van der Waals surface area contributed by atoms with Gasteiger partial charge in [0, 0.05) is 5.92 Å². The Balaban J connectivity index is 2.09. The second kappa shape index (κ2) is 7.12. The van der Waals surface area contributed by atoms with E-state index in [1.807, 2.05) is 0 Å². The van der Waals surface area contributed by atoms with Gasteiger partial charge in [-0.25, -0.2) is 0 Å². The minimum absolute atomic E-state index is 0.297. The number of aryl methyl sites for hydroxylation is 2. The number of hydrogen-bond acceptors (Lipinski definition) is 2. The van der Waals surface area contributed by atoms with Crippen molar-refractivity contribution in [1.82, 2.24) is 0 Å². The van der Waals surface area contributed by atoms with Crippen LogP contribution < -0.4 is 10.5 Å². The molecule has 1 aromatic carbocycles. The lowest BCUT2D eigenvalue weighted by Gasteiger charge is -2.36. The summed E-state index contributed by atoms with van der Waals surface area (Å²) >= 11 is 0. The van der Waals surface area contributed by atoms with Crippen molar-refractivity contribution in [3.63, 3.8) is 0 Å². The molecule has 0 radical (unpaired) electrons. The first-order chi connectivity index (χ1) is 9.63. The summed E-state index contributed by atoms with van der Waals surface area (Å²) in [6.07, 6.45) is 6.60. The van der Waals surface area contributed by atoms with Gasteiger partial charge in [-0.15, -0.1) is 0 Å². The standard InChI is InChI=1S/C18H29NO/c1-4-5-15-8-9-16(12-19)18(11-15)20-17-10-13(2)6-7-14(17)3/h6-7,10,15-16,18H,4-5,8-9,11-12,19H2,1-3H3. The van der Waals surface area contributed by atoms with Crippen LogP contribution in [0.15, 0.2) is 18.2 Å². The van der Waals surface area contributed by atoms with Crippen LogP contribution in [0.1, 0.15) is 50.2 Å². The van der Waals surface area contributed by atoms with Crippen molar-refractivity contribution in [3.05, 3.63) is 29.3 Å². The summed E-state index contributed by atoms with van der Waals surface area (Å²) in [6.45, 7) is 7.26. The lowest BCUT2D eigenvalue weighted by atomic mass is 9.78. The summed E-state index contributed by atoms with van der Waals surface area (Å²) < 4.78 is 6.37. The SMILES string of the molecule is CCCC1CCC(CN)C(Oc2cc(C)ccc2C)C1. The van der Waals surface area contributed by atoms with Crippen molar-refractivity contribution < 1.29 is 4.74 Å². The van der Waals surface area contributed by atoms with E-state index in [1.165, 1.54) is 43.2 Å². The van der Waals surface area contributed by atoms with E-state index in [-0.39, 0.29) is 0 Å². The maximum atomic E-state index is 6.37. The second-order valence-corrected chi connectivity index (χ2v) is 6.39. The van der Waals surface area contributed by atoms with Crippen LogP contribution in [0, 0.1) is 25.7 Å². The van der Waals surface area contributed by atoms with E-state index < -0.39 is 0 Å². The van der Waals surface area contributed by atoms with Crippen LogP contribution in [0.4, 0.5) is 0 Å². The van der Waals surface area contributed by atoms with Crippen LogP contribution in [-0.2, 0) is 0 Å². The van der Waals surface area contributed by atoms with E-state index in [0.717, 1.165) is 18.2 Å². The predicted octanol–water partition coefficient (Wildman–Crippen LogP) is 4.23. The maximum Gasteiger partial charge on any atom is 0.122 e. The van der Waals surface area contributed by atoms with Gasteiger partial charge in [0.1, 0.15) is 11.9 Å². The normalized spacial score (nSPS) is 26.5. The first kappa shape index (κ1) is 15.4. The average molecular weight is 275 g/mol. The number of benzene rings is 1. The molecular weight excluding hydrogens is 246 g/mol. The highest BCUT2D eigenvalue weighted by molar-refractivity contribution is 5.36. The molecule has 2 heteroatoms. The molecule has 0 aliphatic heterocycles. The second-order valence-electron chi connectivity index (χ2n) is 6.39. The smallest absolute Gasteiger partial charge is 0.122 e. The lowest BCUT2D eigenvalue weighted by Crippen LogP contribution is -2.38. The van der Waals surface area contributed by atoms with Crippen molar-refractivity contribution in [2.24, 2.45) is 17.6 Å². The zero-order valence-electron chi connectivity index (χ0n) is 13.2. The molecule has 3 unspecified atom stereocenters. The molecule has 1 fully saturated rings. The fourth-order valence-corrected chi connectivity index (χ4v) is 3.36. The van der Waals surface area contributed by atoms with Crippen LogP contribution in [0.25, 0.3) is 0 Å². The summed E-state index contributed by atoms with van der Waals surface area (Å²) in [5, 5.41) is 0. The van der Waals surface area contributed by atoms with Crippen LogP contribution in [0.3, 0.4) is 0 Å². The Kier molecular flexibility index (Phi) is 5.47. The Labute approximate surface area is 123 Å². The molecule has 1 saturated carbocycles. The molecule has 1 aromatic rings. The zero-order valence-corrected chi connectivity index (χ0v) is 13.2. The molecule has 1 aliphatic carbocycles. The van der Waals surface area contributed by atoms with Gasteiger partial charge in [0.2, 0.25) is 0 Å². The monoisotopic (exact) mass is 275 g/mol. The molecule has 1 aliphatic rings. The third-order valence-electron chi connectivity index (χ3n) is 4.66. The van der Waals surface area contributed by atoms with Gasteiger partial charge in [0.15, 0.2) is 0 Å². The van der Waals surface area contributed by atoms with Gasteiger partial charge < -0.3 is 10.5 Å². The van der Waals surface area contributed by atoms with E-state index >= 15 is 0 Å². The van der Waals surface area contributed by atoms with Gasteiger partial charge in [-0.05, 0) is 62.8 Å². The van der Waals surface area contributed by atoms with Crippen LogP contribution in [0.2, 0.25) is 0 Å². The molecular formula is C18H29NO. The maximum absolute atomic E-state index is 6.37. The summed E-state index contributed by atoms with van der Waals surface area (Å²) in [5.74, 6) is 2.38. The Hall–Kier alpha value is -1.02. The van der Waals surface area contributed by atoms with Gasteiger partial charge in [0.25, 0.3) is 0 Å². The highest BCUT2D eigenvalue weighted by Gasteiger charge is 2.31. The van der Waals surface area contributed by atoms with E-state index in [9.17, 15) is 0 Å². The van der Waals surface area contributed by atoms with E-state index in [0.29, 0.717) is 12.0 Å². The van der Waals surface area contributed by atoms with E-state index in [4.69, 9.17) is 10.5 Å². The van der Waals surface area contributed by atoms with Crippen LogP contribution in [-0.4, -0.2) is 12.6 Å². The highest BCUT2D eigenvalue weighted by atomic mass is 16.5. The summed E-state index contributed by atoms with van der Waals surface area (Å²) in [5.41, 5.74) is 8.44. The molecule has 20 heavy (non-hydrogen) atoms. The van der Waals surface area contributed by atoms with E-state index in [2.05, 4.69) is 39.0 Å². The minimum atomic E-state index is 0.297. The fourth-order valence-electron chi connectivity index (χ4n) is 3.36. The average Bonchev–Trinajstić information content (AvgIpc) is 2.44. The van der Waals surface area contributed by atoms with Crippen molar-refractivity contribution in [3.8, 4) is 5.75 Å². The topological polar surface area (TPSA) is 35.2 Å². The van der Waals surface area contributed by atoms with Gasteiger partial charge in [-0.2, -0.15) is 0 Å². The predicted molar refractivity (Wildman–Crippen MR) is 85.1 cm³/mol. The third kappa shape index (κ3) is 3.76. The van der Waals surface area contributed by atoms with Gasteiger partial charge in [-0.3, -0.25) is 0 Å². The van der Waals surface area contributed by atoms with E-state index in [1.54, 1.807) is 0 Å². The lowest BCUT2D eigenvalue weighted by molar-refractivity contribution is 0.0663. The van der Waals surface area contributed by atoms with Gasteiger partial charge in [-0.1, -0.05) is 31.9 Å². The molecule has 112 valence electrons. The van der Waals surface area contributed by atoms with Crippen LogP contribution >= 0.6 is 0 Å². The highest BCUT2D eigenvalue weighted by Crippen LogP contribution is 2.34. The third-order valence-corrected chi connectivity index (χ3v) is 4.66. The molecule has 0 spiro atoms. The number of hydrogen-bond donors (Lipinski definition) is 1. The summed E-state index contributed by atoms with van der Waals surface area (Å²) in [6, 6.07) is 6.45. The van der Waals surface area contributed by atoms with Crippen molar-refractivity contribution in [2.45, 2.75) is 59.0 Å². The zero-order chi connectivity index (χ0) is 14.5. The van der Waals surface area contributed by atoms with Crippen molar-refractivity contribution in [1.29, 1.82) is 0 Å². The van der Waals surface area contributed by atoms with Gasteiger partial charge in [0.05, 0.1) is 0 Å². The Morgan fingerprint density at radius 1 is 1.25 bits per heavy atom. The Morgan fingerprint density at radius 2 is 2.05 bits per heavy atom. The molecule has 0 aromatic heterocycles. The Morgan fingerprint density at radius 3 is 2.75 bits per heavy atom. The van der Waals surface area contributed by atoms with Crippen molar-refractivity contribution in [2.75, 3.05) is 6.54 Å². The molecule has 2 rings (SSSR count). The molecule has 0 bridgehead atoms.